The summed E-state index contributed by atoms with van der Waals surface area (Å²) < 4.78 is 6.01. The number of para-hydroxylation sites is 1. The molecule has 1 N–H and O–H groups in total. The van der Waals surface area contributed by atoms with Crippen molar-refractivity contribution in [1.82, 2.24) is 4.98 Å². The number of nitrogens with zero attached hydrogens (tertiary/aromatic N) is 1. The van der Waals surface area contributed by atoms with Crippen LogP contribution in [0, 0.1) is 6.92 Å². The molecule has 0 fully saturated rings. The lowest BCUT2D eigenvalue weighted by Gasteiger charge is -2.17. The average molecular weight is 289 g/mol. The van der Waals surface area contributed by atoms with Crippen LogP contribution in [0.25, 0.3) is 10.6 Å². The molecule has 0 saturated heterocycles. The molecule has 0 aliphatic carbocycles. The van der Waals surface area contributed by atoms with Gasteiger partial charge < -0.3 is 9.84 Å². The van der Waals surface area contributed by atoms with Crippen LogP contribution >= 0.6 is 11.3 Å². The summed E-state index contributed by atoms with van der Waals surface area (Å²) in [6.45, 7) is 5.87. The van der Waals surface area contributed by atoms with E-state index in [1.165, 1.54) is 11.3 Å². The Kier molecular flexibility index (Phi) is 2.83. The van der Waals surface area contributed by atoms with Gasteiger partial charge in [0.05, 0.1) is 5.56 Å². The number of fused-ring (bicyclic) bond motifs is 1. The number of aryl methyl sites for hydroxylation is 1. The molecule has 2 heterocycles. The van der Waals surface area contributed by atoms with Crippen molar-refractivity contribution in [3.63, 3.8) is 0 Å². The van der Waals surface area contributed by atoms with Gasteiger partial charge in [0.2, 0.25) is 0 Å². The Morgan fingerprint density at radius 3 is 2.85 bits per heavy atom. The zero-order chi connectivity index (χ0) is 14.5. The number of thiazole rings is 1. The van der Waals surface area contributed by atoms with Gasteiger partial charge in [-0.25, -0.2) is 9.78 Å². The molecule has 104 valence electrons. The van der Waals surface area contributed by atoms with E-state index < -0.39 is 5.97 Å². The van der Waals surface area contributed by atoms with Crippen molar-refractivity contribution in [3.05, 3.63) is 34.3 Å². The minimum atomic E-state index is -0.987. The summed E-state index contributed by atoms with van der Waals surface area (Å²) in [5.74, 6) is -0.151. The van der Waals surface area contributed by atoms with Gasteiger partial charge in [0.25, 0.3) is 0 Å². The van der Waals surface area contributed by atoms with Crippen molar-refractivity contribution < 1.29 is 14.6 Å². The first-order chi connectivity index (χ1) is 9.37. The van der Waals surface area contributed by atoms with Gasteiger partial charge in [-0.1, -0.05) is 12.1 Å². The monoisotopic (exact) mass is 289 g/mol. The highest BCUT2D eigenvalue weighted by atomic mass is 32.1. The number of aromatic carboxylic acids is 1. The number of aromatic nitrogens is 1. The van der Waals surface area contributed by atoms with Crippen molar-refractivity contribution in [3.8, 4) is 16.3 Å². The van der Waals surface area contributed by atoms with E-state index in [9.17, 15) is 4.79 Å². The summed E-state index contributed by atoms with van der Waals surface area (Å²) in [6.07, 6.45) is 0.853. The summed E-state index contributed by atoms with van der Waals surface area (Å²) in [5.41, 5.74) is 1.94. The molecule has 0 atom stereocenters. The quantitative estimate of drug-likeness (QED) is 0.918. The Morgan fingerprint density at radius 2 is 2.20 bits per heavy atom. The van der Waals surface area contributed by atoms with E-state index in [1.54, 1.807) is 6.92 Å². The molecule has 0 unspecified atom stereocenters. The third-order valence-corrected chi connectivity index (χ3v) is 4.32. The Labute approximate surface area is 121 Å². The van der Waals surface area contributed by atoms with Crippen LogP contribution in [-0.4, -0.2) is 21.7 Å². The molecule has 1 aliphatic heterocycles. The molecule has 0 saturated carbocycles. The summed E-state index contributed by atoms with van der Waals surface area (Å²) in [4.78, 5) is 16.1. The van der Waals surface area contributed by atoms with Crippen molar-refractivity contribution in [1.29, 1.82) is 0 Å². The van der Waals surface area contributed by atoms with Gasteiger partial charge in [-0.3, -0.25) is 0 Å². The lowest BCUT2D eigenvalue weighted by Crippen LogP contribution is -2.24. The molecule has 3 rings (SSSR count). The van der Waals surface area contributed by atoms with Crippen LogP contribution in [0.3, 0.4) is 0 Å². The first-order valence-electron chi connectivity index (χ1n) is 6.39. The minimum Gasteiger partial charge on any atom is -0.486 e. The molecule has 4 nitrogen and oxygen atoms in total. The second kappa shape index (κ2) is 4.31. The van der Waals surface area contributed by atoms with Gasteiger partial charge in [-0.2, -0.15) is 0 Å². The van der Waals surface area contributed by atoms with Crippen LogP contribution < -0.4 is 4.74 Å². The van der Waals surface area contributed by atoms with Crippen molar-refractivity contribution in [2.75, 3.05) is 0 Å². The van der Waals surface area contributed by atoms with Crippen LogP contribution in [0.4, 0.5) is 0 Å². The fourth-order valence-electron chi connectivity index (χ4n) is 2.49. The van der Waals surface area contributed by atoms with Gasteiger partial charge in [-0.15, -0.1) is 11.3 Å². The number of benzene rings is 1. The smallest absolute Gasteiger partial charge is 0.355 e. The second-order valence-corrected chi connectivity index (χ2v) is 6.76. The summed E-state index contributed by atoms with van der Waals surface area (Å²) in [7, 11) is 0. The van der Waals surface area contributed by atoms with Crippen LogP contribution in [0.2, 0.25) is 0 Å². The van der Waals surface area contributed by atoms with E-state index in [1.807, 2.05) is 32.0 Å². The van der Waals surface area contributed by atoms with Gasteiger partial charge in [0.1, 0.15) is 16.4 Å². The Hall–Kier alpha value is -1.88. The van der Waals surface area contributed by atoms with E-state index in [2.05, 4.69) is 4.98 Å². The molecule has 1 aromatic heterocycles. The molecular weight excluding hydrogens is 274 g/mol. The topological polar surface area (TPSA) is 59.4 Å². The van der Waals surface area contributed by atoms with Crippen LogP contribution in [-0.2, 0) is 6.42 Å². The fourth-order valence-corrected chi connectivity index (χ4v) is 3.42. The largest absolute Gasteiger partial charge is 0.486 e. The molecule has 2 aromatic rings. The van der Waals surface area contributed by atoms with Gasteiger partial charge in [-0.05, 0) is 32.4 Å². The number of hydrogen-bond acceptors (Lipinski definition) is 4. The predicted octanol–water partition coefficient (Wildman–Crippen LogP) is 3.53. The van der Waals surface area contributed by atoms with E-state index in [-0.39, 0.29) is 11.3 Å². The van der Waals surface area contributed by atoms with Gasteiger partial charge >= 0.3 is 5.97 Å². The van der Waals surface area contributed by atoms with Crippen LogP contribution in [0.1, 0.15) is 34.8 Å². The highest BCUT2D eigenvalue weighted by Crippen LogP contribution is 2.43. The van der Waals surface area contributed by atoms with Crippen molar-refractivity contribution >= 4 is 17.3 Å². The number of ether oxygens (including phenoxy) is 1. The average Bonchev–Trinajstić information content (AvgIpc) is 2.86. The molecule has 1 aliphatic rings. The number of rotatable bonds is 2. The third kappa shape index (κ3) is 2.08. The number of carbonyl (C=O) groups is 1. The standard InChI is InChI=1S/C15H15NO3S/c1-8-11(14(17)18)16-13(20-8)10-6-4-5-9-7-15(2,3)19-12(9)10/h4-6H,7H2,1-3H3,(H,17,18). The lowest BCUT2D eigenvalue weighted by molar-refractivity contribution is 0.0690. The van der Waals surface area contributed by atoms with E-state index in [4.69, 9.17) is 9.84 Å². The third-order valence-electron chi connectivity index (χ3n) is 3.32. The van der Waals surface area contributed by atoms with Crippen LogP contribution in [0.5, 0.6) is 5.75 Å². The maximum Gasteiger partial charge on any atom is 0.355 e. The van der Waals surface area contributed by atoms with E-state index >= 15 is 0 Å². The summed E-state index contributed by atoms with van der Waals surface area (Å²) >= 11 is 1.39. The highest BCUT2D eigenvalue weighted by molar-refractivity contribution is 7.15. The molecule has 1 aromatic carbocycles. The first-order valence-corrected chi connectivity index (χ1v) is 7.21. The van der Waals surface area contributed by atoms with Crippen molar-refractivity contribution in [2.24, 2.45) is 0 Å². The zero-order valence-electron chi connectivity index (χ0n) is 11.6. The molecule has 0 radical (unpaired) electrons. The first kappa shape index (κ1) is 13.1. The fraction of sp³-hybridized carbons (Fsp3) is 0.333. The number of carboxylic acid groups (broad SMARTS) is 1. The molecule has 5 heteroatoms. The Morgan fingerprint density at radius 1 is 1.45 bits per heavy atom. The lowest BCUT2D eigenvalue weighted by atomic mass is 10.0. The maximum absolute atomic E-state index is 11.1. The molecule has 0 spiro atoms. The summed E-state index contributed by atoms with van der Waals surface area (Å²) in [6, 6.07) is 5.95. The number of hydrogen-bond donors (Lipinski definition) is 1. The molecule has 20 heavy (non-hydrogen) atoms. The van der Waals surface area contributed by atoms with Gasteiger partial charge in [0, 0.05) is 11.3 Å². The second-order valence-electron chi connectivity index (χ2n) is 5.56. The van der Waals surface area contributed by atoms with Crippen LogP contribution in [0.15, 0.2) is 18.2 Å². The molecular formula is C15H15NO3S. The Bertz CT molecular complexity index is 703. The molecule has 0 amide bonds. The maximum atomic E-state index is 11.1. The highest BCUT2D eigenvalue weighted by Gasteiger charge is 2.32. The van der Waals surface area contributed by atoms with Crippen molar-refractivity contribution in [2.45, 2.75) is 32.8 Å². The van der Waals surface area contributed by atoms with Gasteiger partial charge in [0.15, 0.2) is 5.69 Å². The normalized spacial score (nSPS) is 15.8. The minimum absolute atomic E-state index is 0.125. The SMILES string of the molecule is Cc1sc(-c2cccc3c2OC(C)(C)C3)nc1C(=O)O. The molecule has 0 bridgehead atoms. The van der Waals surface area contributed by atoms with E-state index in [0.717, 1.165) is 23.3 Å². The number of carboxylic acids is 1. The Balaban J connectivity index is 2.11. The summed E-state index contributed by atoms with van der Waals surface area (Å²) in [5, 5.41) is 9.82. The predicted molar refractivity (Wildman–Crippen MR) is 77.7 cm³/mol. The zero-order valence-corrected chi connectivity index (χ0v) is 12.4. The van der Waals surface area contributed by atoms with E-state index in [0.29, 0.717) is 9.88 Å².